The summed E-state index contributed by atoms with van der Waals surface area (Å²) < 4.78 is 46.7. The number of benzene rings is 1. The van der Waals surface area contributed by atoms with E-state index < -0.39 is 11.7 Å². The fraction of sp³-hybridized carbons (Fsp3) is 0.200. The van der Waals surface area contributed by atoms with Crippen LogP contribution in [0.15, 0.2) is 28.8 Å². The highest BCUT2D eigenvalue weighted by Crippen LogP contribution is 2.30. The molecular weight excluding hydrogens is 273 g/mol. The molecule has 1 aromatic heterocycles. The lowest BCUT2D eigenvalue weighted by molar-refractivity contribution is -0.137. The zero-order valence-electron chi connectivity index (χ0n) is 8.74. The van der Waals surface area contributed by atoms with E-state index in [1.54, 1.807) is 0 Å². The molecule has 0 atom stereocenters. The van der Waals surface area contributed by atoms with Crippen LogP contribution in [0.3, 0.4) is 0 Å². The van der Waals surface area contributed by atoms with Gasteiger partial charge in [0.15, 0.2) is 0 Å². The van der Waals surface area contributed by atoms with Gasteiger partial charge in [0.2, 0.25) is 5.89 Å². The molecule has 0 aliphatic rings. The number of ether oxygens (including phenoxy) is 1. The Morgan fingerprint density at radius 3 is 2.39 bits per heavy atom. The lowest BCUT2D eigenvalue weighted by atomic mass is 10.2. The van der Waals surface area contributed by atoms with Gasteiger partial charge in [-0.05, 0) is 29.4 Å². The summed E-state index contributed by atoms with van der Waals surface area (Å²) in [5.74, 6) is 0.368. The van der Waals surface area contributed by atoms with Gasteiger partial charge in [-0.2, -0.15) is 18.2 Å². The normalized spacial score (nSPS) is 11.6. The molecule has 1 aromatic carbocycles. The highest BCUT2D eigenvalue weighted by Gasteiger charge is 2.30. The first-order valence-electron chi connectivity index (χ1n) is 4.72. The maximum atomic E-state index is 12.3. The second kappa shape index (κ2) is 4.85. The van der Waals surface area contributed by atoms with Gasteiger partial charge >= 0.3 is 12.2 Å². The smallest absolute Gasteiger partial charge is 0.416 e. The molecule has 0 amide bonds. The molecule has 0 saturated carbocycles. The maximum Gasteiger partial charge on any atom is 0.416 e. The van der Waals surface area contributed by atoms with Crippen molar-refractivity contribution in [3.63, 3.8) is 0 Å². The van der Waals surface area contributed by atoms with Gasteiger partial charge in [-0.1, -0.05) is 0 Å². The molecule has 0 aliphatic carbocycles. The Bertz CT molecular complexity index is 525. The Hall–Kier alpha value is -1.76. The minimum Gasteiger partial charge on any atom is -0.422 e. The molecule has 1 heterocycles. The highest BCUT2D eigenvalue weighted by molar-refractivity contribution is 6.16. The van der Waals surface area contributed by atoms with Crippen LogP contribution in [-0.4, -0.2) is 10.1 Å². The van der Waals surface area contributed by atoms with Crippen molar-refractivity contribution in [1.82, 2.24) is 10.1 Å². The zero-order valence-corrected chi connectivity index (χ0v) is 9.50. The fourth-order valence-electron chi connectivity index (χ4n) is 1.15. The van der Waals surface area contributed by atoms with Gasteiger partial charge < -0.3 is 9.26 Å². The SMILES string of the molecule is FC(F)(F)c1ccc(Oc2noc(CCl)n2)cc1. The van der Waals surface area contributed by atoms with Crippen molar-refractivity contribution in [2.24, 2.45) is 0 Å². The molecule has 2 aromatic rings. The van der Waals surface area contributed by atoms with Gasteiger partial charge in [0.1, 0.15) is 11.6 Å². The van der Waals surface area contributed by atoms with Crippen LogP contribution in [0.1, 0.15) is 11.5 Å². The van der Waals surface area contributed by atoms with Crippen molar-refractivity contribution in [2.45, 2.75) is 12.1 Å². The van der Waals surface area contributed by atoms with E-state index in [1.807, 2.05) is 0 Å². The van der Waals surface area contributed by atoms with Crippen LogP contribution < -0.4 is 4.74 Å². The van der Waals surface area contributed by atoms with Gasteiger partial charge in [-0.25, -0.2) is 0 Å². The van der Waals surface area contributed by atoms with Crippen LogP contribution in [0.2, 0.25) is 0 Å². The van der Waals surface area contributed by atoms with Crippen LogP contribution in [0, 0.1) is 0 Å². The van der Waals surface area contributed by atoms with Crippen molar-refractivity contribution in [3.05, 3.63) is 35.7 Å². The number of halogens is 4. The standard InChI is InChI=1S/C10H6ClF3N2O2/c11-5-8-15-9(16-18-8)17-7-3-1-6(2-4-7)10(12,13)14/h1-4H,5H2. The Morgan fingerprint density at radius 2 is 1.89 bits per heavy atom. The summed E-state index contributed by atoms with van der Waals surface area (Å²) in [5.41, 5.74) is -0.760. The molecule has 0 aliphatic heterocycles. The number of nitrogens with zero attached hydrogens (tertiary/aromatic N) is 2. The Kier molecular flexibility index (Phi) is 3.42. The number of alkyl halides is 4. The molecule has 4 nitrogen and oxygen atoms in total. The predicted molar refractivity (Wildman–Crippen MR) is 55.4 cm³/mol. The van der Waals surface area contributed by atoms with E-state index in [1.165, 1.54) is 12.1 Å². The van der Waals surface area contributed by atoms with Crippen molar-refractivity contribution >= 4 is 11.6 Å². The molecule has 96 valence electrons. The lowest BCUT2D eigenvalue weighted by Crippen LogP contribution is -2.04. The average Bonchev–Trinajstić information content (AvgIpc) is 2.76. The Balaban J connectivity index is 2.11. The van der Waals surface area contributed by atoms with Gasteiger partial charge in [-0.3, -0.25) is 0 Å². The number of hydrogen-bond donors (Lipinski definition) is 0. The Morgan fingerprint density at radius 1 is 1.22 bits per heavy atom. The summed E-state index contributed by atoms with van der Waals surface area (Å²) in [4.78, 5) is 3.74. The third-order valence-electron chi connectivity index (χ3n) is 1.95. The van der Waals surface area contributed by atoms with Gasteiger partial charge in [-0.15, -0.1) is 11.6 Å². The quantitative estimate of drug-likeness (QED) is 0.805. The molecule has 2 rings (SSSR count). The molecule has 0 unspecified atom stereocenters. The first-order valence-corrected chi connectivity index (χ1v) is 5.26. The highest BCUT2D eigenvalue weighted by atomic mass is 35.5. The molecular formula is C10H6ClF3N2O2. The molecule has 0 saturated heterocycles. The maximum absolute atomic E-state index is 12.3. The average molecular weight is 279 g/mol. The minimum atomic E-state index is -4.38. The van der Waals surface area contributed by atoms with E-state index in [2.05, 4.69) is 14.7 Å². The molecule has 0 N–H and O–H groups in total. The third kappa shape index (κ3) is 2.92. The van der Waals surface area contributed by atoms with Gasteiger partial charge in [0, 0.05) is 0 Å². The van der Waals surface area contributed by atoms with E-state index in [0.29, 0.717) is 0 Å². The molecule has 18 heavy (non-hydrogen) atoms. The van der Waals surface area contributed by atoms with E-state index in [4.69, 9.17) is 16.3 Å². The lowest BCUT2D eigenvalue weighted by Gasteiger charge is -2.06. The minimum absolute atomic E-state index is 0.0311. The second-order valence-electron chi connectivity index (χ2n) is 3.23. The predicted octanol–water partition coefficient (Wildman–Crippen LogP) is 3.62. The summed E-state index contributed by atoms with van der Waals surface area (Å²) in [6.07, 6.45) is -4.38. The summed E-state index contributed by atoms with van der Waals surface area (Å²) in [6.45, 7) is 0. The number of hydrogen-bond acceptors (Lipinski definition) is 4. The van der Waals surface area contributed by atoms with E-state index in [9.17, 15) is 13.2 Å². The summed E-state index contributed by atoms with van der Waals surface area (Å²) in [7, 11) is 0. The van der Waals surface area contributed by atoms with Crippen molar-refractivity contribution in [1.29, 1.82) is 0 Å². The zero-order chi connectivity index (χ0) is 13.2. The van der Waals surface area contributed by atoms with Crippen molar-refractivity contribution in [2.75, 3.05) is 0 Å². The molecule has 0 radical (unpaired) electrons. The third-order valence-corrected chi connectivity index (χ3v) is 2.18. The van der Waals surface area contributed by atoms with E-state index >= 15 is 0 Å². The first kappa shape index (κ1) is 12.7. The topological polar surface area (TPSA) is 48.2 Å². The van der Waals surface area contributed by atoms with E-state index in [-0.39, 0.29) is 23.5 Å². The van der Waals surface area contributed by atoms with Crippen LogP contribution in [0.25, 0.3) is 0 Å². The van der Waals surface area contributed by atoms with Crippen LogP contribution >= 0.6 is 11.6 Å². The molecule has 8 heteroatoms. The number of aromatic nitrogens is 2. The monoisotopic (exact) mass is 278 g/mol. The fourth-order valence-corrected chi connectivity index (χ4v) is 1.26. The molecule has 0 fully saturated rings. The second-order valence-corrected chi connectivity index (χ2v) is 3.50. The largest absolute Gasteiger partial charge is 0.422 e. The van der Waals surface area contributed by atoms with E-state index in [0.717, 1.165) is 12.1 Å². The Labute approximate surface area is 104 Å². The van der Waals surface area contributed by atoms with Crippen LogP contribution in [-0.2, 0) is 12.1 Å². The first-order chi connectivity index (χ1) is 8.49. The van der Waals surface area contributed by atoms with Gasteiger partial charge in [0.25, 0.3) is 0 Å². The van der Waals surface area contributed by atoms with Crippen LogP contribution in [0.5, 0.6) is 11.8 Å². The summed E-state index contributed by atoms with van der Waals surface area (Å²) in [5, 5.41) is 3.44. The van der Waals surface area contributed by atoms with Gasteiger partial charge in [0.05, 0.1) is 5.56 Å². The number of rotatable bonds is 3. The summed E-state index contributed by atoms with van der Waals surface area (Å²) in [6, 6.07) is 4.03. The van der Waals surface area contributed by atoms with Crippen molar-refractivity contribution in [3.8, 4) is 11.8 Å². The van der Waals surface area contributed by atoms with Crippen molar-refractivity contribution < 1.29 is 22.4 Å². The summed E-state index contributed by atoms with van der Waals surface area (Å²) >= 11 is 5.44. The molecule has 0 bridgehead atoms. The van der Waals surface area contributed by atoms with Crippen LogP contribution in [0.4, 0.5) is 13.2 Å². The molecule has 0 spiro atoms.